The van der Waals surface area contributed by atoms with Gasteiger partial charge >= 0.3 is 0 Å². The Labute approximate surface area is 145 Å². The van der Waals surface area contributed by atoms with Crippen LogP contribution in [0.4, 0.5) is 0 Å². The molecule has 4 aromatic heterocycles. The first-order valence-corrected chi connectivity index (χ1v) is 9.96. The zero-order chi connectivity index (χ0) is 15.4. The van der Waals surface area contributed by atoms with Crippen LogP contribution in [0.5, 0.6) is 0 Å². The van der Waals surface area contributed by atoms with Gasteiger partial charge in [0.25, 0.3) is 0 Å². The molecule has 0 bridgehead atoms. The summed E-state index contributed by atoms with van der Waals surface area (Å²) in [6, 6.07) is 2.09. The van der Waals surface area contributed by atoms with Gasteiger partial charge in [-0.25, -0.2) is 19.9 Å². The highest BCUT2D eigenvalue weighted by molar-refractivity contribution is 7.99. The molecular formula is C16H12N4S3. The van der Waals surface area contributed by atoms with E-state index in [9.17, 15) is 0 Å². The van der Waals surface area contributed by atoms with Gasteiger partial charge in [0, 0.05) is 15.6 Å². The van der Waals surface area contributed by atoms with Crippen molar-refractivity contribution in [1.29, 1.82) is 0 Å². The van der Waals surface area contributed by atoms with E-state index in [1.54, 1.807) is 29.4 Å². The summed E-state index contributed by atoms with van der Waals surface area (Å²) in [6.45, 7) is 1.97. The Morgan fingerprint density at radius 3 is 3.00 bits per heavy atom. The van der Waals surface area contributed by atoms with Crippen molar-refractivity contribution in [3.8, 4) is 0 Å². The van der Waals surface area contributed by atoms with Crippen molar-refractivity contribution in [1.82, 2.24) is 19.9 Å². The average Bonchev–Trinajstić information content (AvgIpc) is 3.20. The molecule has 0 radical (unpaired) electrons. The molecule has 5 rings (SSSR count). The van der Waals surface area contributed by atoms with Gasteiger partial charge in [0.1, 0.15) is 31.9 Å². The molecule has 0 unspecified atom stereocenters. The molecule has 0 spiro atoms. The smallest absolute Gasteiger partial charge is 0.128 e. The molecular weight excluding hydrogens is 344 g/mol. The zero-order valence-corrected chi connectivity index (χ0v) is 14.8. The molecule has 0 aliphatic heterocycles. The molecule has 0 atom stereocenters. The third-order valence-electron chi connectivity index (χ3n) is 4.06. The second kappa shape index (κ2) is 5.22. The Hall–Kier alpha value is -1.57. The van der Waals surface area contributed by atoms with Crippen molar-refractivity contribution < 1.29 is 0 Å². The molecule has 0 saturated heterocycles. The van der Waals surface area contributed by atoms with Crippen molar-refractivity contribution in [2.45, 2.75) is 36.2 Å². The van der Waals surface area contributed by atoms with Gasteiger partial charge in [-0.05, 0) is 55.0 Å². The zero-order valence-electron chi connectivity index (χ0n) is 12.4. The largest absolute Gasteiger partial charge is 0.229 e. The fraction of sp³-hybridized carbons (Fsp3) is 0.250. The van der Waals surface area contributed by atoms with Crippen LogP contribution in [0.3, 0.4) is 0 Å². The van der Waals surface area contributed by atoms with Crippen LogP contribution >= 0.6 is 34.4 Å². The quantitative estimate of drug-likeness (QED) is 0.490. The van der Waals surface area contributed by atoms with E-state index in [2.05, 4.69) is 26.4 Å². The number of aryl methyl sites for hydroxylation is 3. The second-order valence-corrected chi connectivity index (χ2v) is 8.49. The molecule has 7 heteroatoms. The van der Waals surface area contributed by atoms with Gasteiger partial charge in [0.05, 0.1) is 0 Å². The molecule has 0 aromatic carbocycles. The Morgan fingerprint density at radius 1 is 1.09 bits per heavy atom. The molecule has 4 heterocycles. The first-order chi connectivity index (χ1) is 11.3. The summed E-state index contributed by atoms with van der Waals surface area (Å²) in [4.78, 5) is 21.9. The molecule has 0 N–H and O–H groups in total. The van der Waals surface area contributed by atoms with E-state index in [-0.39, 0.29) is 0 Å². The lowest BCUT2D eigenvalue weighted by atomic mass is 10.2. The lowest BCUT2D eigenvalue weighted by Crippen LogP contribution is -1.93. The molecule has 1 aliphatic carbocycles. The van der Waals surface area contributed by atoms with Crippen LogP contribution in [0, 0.1) is 6.92 Å². The molecule has 23 heavy (non-hydrogen) atoms. The standard InChI is InChI=1S/C16H12N4S3/c1-8-19-15-12(9-3-2-4-11(9)22-15)16(20-8)23-14-10-5-6-21-13(10)17-7-18-14/h5-7H,2-4H2,1H3. The van der Waals surface area contributed by atoms with Crippen LogP contribution in [-0.4, -0.2) is 19.9 Å². The Kier molecular flexibility index (Phi) is 3.14. The normalized spacial score (nSPS) is 14.0. The van der Waals surface area contributed by atoms with E-state index in [1.807, 2.05) is 18.3 Å². The van der Waals surface area contributed by atoms with Gasteiger partial charge < -0.3 is 0 Å². The van der Waals surface area contributed by atoms with Crippen LogP contribution in [-0.2, 0) is 12.8 Å². The molecule has 0 saturated carbocycles. The first-order valence-electron chi connectivity index (χ1n) is 7.44. The second-order valence-electron chi connectivity index (χ2n) is 5.53. The maximum atomic E-state index is 4.74. The molecule has 4 aromatic rings. The number of rotatable bonds is 2. The summed E-state index contributed by atoms with van der Waals surface area (Å²) in [5, 5.41) is 6.44. The monoisotopic (exact) mass is 356 g/mol. The SMILES string of the molecule is Cc1nc(Sc2ncnc3sccc23)c2c3c(sc2n1)CCC3. The number of hydrogen-bond acceptors (Lipinski definition) is 7. The third-order valence-corrected chi connectivity index (χ3v) is 7.08. The predicted molar refractivity (Wildman–Crippen MR) is 95.7 cm³/mol. The summed E-state index contributed by atoms with van der Waals surface area (Å²) in [5.41, 5.74) is 1.46. The number of nitrogens with zero attached hydrogens (tertiary/aromatic N) is 4. The molecule has 0 amide bonds. The highest BCUT2D eigenvalue weighted by Crippen LogP contribution is 2.42. The molecule has 4 nitrogen and oxygen atoms in total. The van der Waals surface area contributed by atoms with Crippen LogP contribution < -0.4 is 0 Å². The van der Waals surface area contributed by atoms with Crippen LogP contribution in [0.25, 0.3) is 20.4 Å². The molecule has 1 aliphatic rings. The maximum Gasteiger partial charge on any atom is 0.128 e. The summed E-state index contributed by atoms with van der Waals surface area (Å²) >= 11 is 5.13. The van der Waals surface area contributed by atoms with E-state index >= 15 is 0 Å². The maximum absolute atomic E-state index is 4.74. The van der Waals surface area contributed by atoms with Crippen LogP contribution in [0.1, 0.15) is 22.7 Å². The number of hydrogen-bond donors (Lipinski definition) is 0. The number of fused-ring (bicyclic) bond motifs is 4. The predicted octanol–water partition coefficient (Wildman–Crippen LogP) is 4.64. The van der Waals surface area contributed by atoms with Gasteiger partial charge in [-0.1, -0.05) is 0 Å². The summed E-state index contributed by atoms with van der Waals surface area (Å²) in [5.74, 6) is 0.829. The highest BCUT2D eigenvalue weighted by atomic mass is 32.2. The minimum absolute atomic E-state index is 0.829. The van der Waals surface area contributed by atoms with Gasteiger partial charge in [0.15, 0.2) is 0 Å². The van der Waals surface area contributed by atoms with Crippen molar-refractivity contribution in [2.24, 2.45) is 0 Å². The Morgan fingerprint density at radius 2 is 2.04 bits per heavy atom. The van der Waals surface area contributed by atoms with Crippen LogP contribution in [0.15, 0.2) is 27.8 Å². The van der Waals surface area contributed by atoms with Gasteiger partial charge in [-0.3, -0.25) is 0 Å². The number of thiophene rings is 2. The average molecular weight is 357 g/mol. The molecule has 0 fully saturated rings. The minimum Gasteiger partial charge on any atom is -0.229 e. The molecule has 114 valence electrons. The fourth-order valence-electron chi connectivity index (χ4n) is 3.08. The first kappa shape index (κ1) is 13.8. The van der Waals surface area contributed by atoms with Crippen molar-refractivity contribution in [3.05, 3.63) is 34.0 Å². The number of aromatic nitrogens is 4. The van der Waals surface area contributed by atoms with Gasteiger partial charge in [-0.2, -0.15) is 0 Å². The van der Waals surface area contributed by atoms with Crippen molar-refractivity contribution >= 4 is 54.9 Å². The van der Waals surface area contributed by atoms with Gasteiger partial charge in [-0.15, -0.1) is 22.7 Å². The van der Waals surface area contributed by atoms with Crippen molar-refractivity contribution in [3.63, 3.8) is 0 Å². The summed E-state index contributed by atoms with van der Waals surface area (Å²) in [7, 11) is 0. The van der Waals surface area contributed by atoms with E-state index in [4.69, 9.17) is 4.98 Å². The summed E-state index contributed by atoms with van der Waals surface area (Å²) < 4.78 is 0. The van der Waals surface area contributed by atoms with E-state index < -0.39 is 0 Å². The Balaban J connectivity index is 1.72. The van der Waals surface area contributed by atoms with E-state index in [1.165, 1.54) is 28.7 Å². The summed E-state index contributed by atoms with van der Waals surface area (Å²) in [6.07, 6.45) is 5.22. The van der Waals surface area contributed by atoms with Gasteiger partial charge in [0.2, 0.25) is 0 Å². The highest BCUT2D eigenvalue weighted by Gasteiger charge is 2.23. The Bertz CT molecular complexity index is 1050. The van der Waals surface area contributed by atoms with Crippen molar-refractivity contribution in [2.75, 3.05) is 0 Å². The third kappa shape index (κ3) is 2.18. The van der Waals surface area contributed by atoms with Crippen LogP contribution in [0.2, 0.25) is 0 Å². The minimum atomic E-state index is 0.829. The fourth-order valence-corrected chi connectivity index (χ4v) is 6.30. The topological polar surface area (TPSA) is 51.6 Å². The lowest BCUT2D eigenvalue weighted by molar-refractivity contribution is 0.914. The lowest BCUT2D eigenvalue weighted by Gasteiger charge is -2.05. The van der Waals surface area contributed by atoms with E-state index in [0.29, 0.717) is 0 Å². The van der Waals surface area contributed by atoms with E-state index in [0.717, 1.165) is 37.3 Å².